The predicted molar refractivity (Wildman–Crippen MR) is 78.1 cm³/mol. The summed E-state index contributed by atoms with van der Waals surface area (Å²) in [6.07, 6.45) is 4.11. The maximum atomic E-state index is 13.3. The quantitative estimate of drug-likeness (QED) is 0.923. The number of hydrogen-bond acceptors (Lipinski definition) is 2. The molecule has 0 amide bonds. The largest absolute Gasteiger partial charge is 0.393 e. The van der Waals surface area contributed by atoms with E-state index in [0.29, 0.717) is 29.4 Å². The van der Waals surface area contributed by atoms with E-state index in [0.717, 1.165) is 31.2 Å². The standard InChI is InChI=1S/C16H21ClFNO/c1-19(9-12-4-13(18)2-3-16(12)17)14-5-10-7-15(20)8-11(10)6-14/h2-4,10-11,14-15,20H,5-9H2,1H3/t10-,11+,14?,15?. The lowest BCUT2D eigenvalue weighted by Crippen LogP contribution is -2.30. The van der Waals surface area contributed by atoms with E-state index in [9.17, 15) is 9.50 Å². The second-order valence-corrected chi connectivity index (χ2v) is 6.83. The number of benzene rings is 1. The first kappa shape index (κ1) is 14.3. The third kappa shape index (κ3) is 2.85. The van der Waals surface area contributed by atoms with Crippen LogP contribution in [0.2, 0.25) is 5.02 Å². The average Bonchev–Trinajstić information content (AvgIpc) is 2.91. The van der Waals surface area contributed by atoms with Crippen LogP contribution in [0.1, 0.15) is 31.2 Å². The molecule has 2 unspecified atom stereocenters. The fraction of sp³-hybridized carbons (Fsp3) is 0.625. The van der Waals surface area contributed by atoms with Crippen molar-refractivity contribution in [3.05, 3.63) is 34.6 Å². The Morgan fingerprint density at radius 2 is 1.90 bits per heavy atom. The smallest absolute Gasteiger partial charge is 0.123 e. The zero-order valence-electron chi connectivity index (χ0n) is 11.7. The summed E-state index contributed by atoms with van der Waals surface area (Å²) in [5, 5.41) is 10.3. The van der Waals surface area contributed by atoms with Gasteiger partial charge in [-0.1, -0.05) is 11.6 Å². The maximum Gasteiger partial charge on any atom is 0.123 e. The molecule has 1 aromatic carbocycles. The highest BCUT2D eigenvalue weighted by Gasteiger charge is 2.42. The van der Waals surface area contributed by atoms with Gasteiger partial charge in [0.2, 0.25) is 0 Å². The Hall–Kier alpha value is -0.640. The Morgan fingerprint density at radius 1 is 1.25 bits per heavy atom. The Balaban J connectivity index is 1.63. The van der Waals surface area contributed by atoms with Crippen LogP contribution in [0.5, 0.6) is 0 Å². The molecule has 2 saturated carbocycles. The lowest BCUT2D eigenvalue weighted by Gasteiger charge is -2.25. The van der Waals surface area contributed by atoms with E-state index in [1.807, 2.05) is 0 Å². The summed E-state index contributed by atoms with van der Waals surface area (Å²) in [6.45, 7) is 0.684. The van der Waals surface area contributed by atoms with Crippen molar-refractivity contribution in [2.24, 2.45) is 11.8 Å². The number of hydrogen-bond donors (Lipinski definition) is 1. The molecule has 1 N–H and O–H groups in total. The maximum absolute atomic E-state index is 13.3. The summed E-state index contributed by atoms with van der Waals surface area (Å²) in [6, 6.07) is 5.07. The van der Waals surface area contributed by atoms with Crippen LogP contribution in [0.3, 0.4) is 0 Å². The molecule has 20 heavy (non-hydrogen) atoms. The summed E-state index contributed by atoms with van der Waals surface area (Å²) in [5.41, 5.74) is 0.853. The highest BCUT2D eigenvalue weighted by atomic mass is 35.5. The summed E-state index contributed by atoms with van der Waals surface area (Å²) in [7, 11) is 2.09. The molecule has 110 valence electrons. The van der Waals surface area contributed by atoms with Crippen molar-refractivity contribution in [2.45, 2.75) is 44.4 Å². The van der Waals surface area contributed by atoms with Gasteiger partial charge >= 0.3 is 0 Å². The van der Waals surface area contributed by atoms with E-state index < -0.39 is 0 Å². The molecule has 2 aliphatic carbocycles. The van der Waals surface area contributed by atoms with Crippen LogP contribution in [0.15, 0.2) is 18.2 Å². The molecule has 4 heteroatoms. The van der Waals surface area contributed by atoms with Gasteiger partial charge in [0.05, 0.1) is 6.10 Å². The van der Waals surface area contributed by atoms with Gasteiger partial charge in [0.15, 0.2) is 0 Å². The first-order chi connectivity index (χ1) is 9.52. The van der Waals surface area contributed by atoms with Crippen molar-refractivity contribution in [3.8, 4) is 0 Å². The van der Waals surface area contributed by atoms with Crippen LogP contribution < -0.4 is 0 Å². The van der Waals surface area contributed by atoms with Crippen LogP contribution in [0.4, 0.5) is 4.39 Å². The van der Waals surface area contributed by atoms with Crippen molar-refractivity contribution in [2.75, 3.05) is 7.05 Å². The molecule has 2 nitrogen and oxygen atoms in total. The Labute approximate surface area is 124 Å². The minimum absolute atomic E-state index is 0.0890. The van der Waals surface area contributed by atoms with Crippen molar-refractivity contribution in [3.63, 3.8) is 0 Å². The molecule has 1 aromatic rings. The number of rotatable bonds is 3. The molecule has 3 rings (SSSR count). The topological polar surface area (TPSA) is 23.5 Å². The van der Waals surface area contributed by atoms with Crippen LogP contribution in [0, 0.1) is 17.7 Å². The molecule has 4 atom stereocenters. The molecule has 0 aromatic heterocycles. The van der Waals surface area contributed by atoms with Crippen LogP contribution in [0.25, 0.3) is 0 Å². The fourth-order valence-corrected chi connectivity index (χ4v) is 4.15. The first-order valence-electron chi connectivity index (χ1n) is 7.35. The lowest BCUT2D eigenvalue weighted by molar-refractivity contribution is 0.158. The monoisotopic (exact) mass is 297 g/mol. The summed E-state index contributed by atoms with van der Waals surface area (Å²) >= 11 is 6.14. The van der Waals surface area contributed by atoms with Crippen LogP contribution in [-0.4, -0.2) is 29.2 Å². The molecule has 0 saturated heterocycles. The van der Waals surface area contributed by atoms with Gasteiger partial charge in [-0.2, -0.15) is 0 Å². The van der Waals surface area contributed by atoms with Crippen molar-refractivity contribution in [1.29, 1.82) is 0 Å². The van der Waals surface area contributed by atoms with E-state index in [4.69, 9.17) is 11.6 Å². The number of aliphatic hydroxyl groups excluding tert-OH is 1. The zero-order chi connectivity index (χ0) is 14.3. The van der Waals surface area contributed by atoms with Gasteiger partial charge in [-0.05, 0) is 68.3 Å². The van der Waals surface area contributed by atoms with Gasteiger partial charge in [-0.3, -0.25) is 4.90 Å². The highest BCUT2D eigenvalue weighted by molar-refractivity contribution is 6.31. The van der Waals surface area contributed by atoms with Gasteiger partial charge in [0, 0.05) is 17.6 Å². The third-order valence-electron chi connectivity index (χ3n) is 5.02. The number of halogens is 2. The second kappa shape index (κ2) is 5.63. The molecular formula is C16H21ClFNO. The van der Waals surface area contributed by atoms with Gasteiger partial charge < -0.3 is 5.11 Å². The number of nitrogens with zero attached hydrogens (tertiary/aromatic N) is 1. The molecule has 0 heterocycles. The average molecular weight is 298 g/mol. The van der Waals surface area contributed by atoms with Gasteiger partial charge in [-0.25, -0.2) is 4.39 Å². The molecule has 2 fully saturated rings. The summed E-state index contributed by atoms with van der Waals surface area (Å²) in [4.78, 5) is 2.28. The zero-order valence-corrected chi connectivity index (χ0v) is 12.5. The number of fused-ring (bicyclic) bond motifs is 1. The Bertz CT molecular complexity index is 481. The SMILES string of the molecule is CN(Cc1cc(F)ccc1Cl)C1C[C@H]2CC(O)C[C@H]2C1. The molecule has 0 aliphatic heterocycles. The molecule has 2 aliphatic rings. The van der Waals surface area contributed by atoms with Gasteiger partial charge in [0.1, 0.15) is 5.82 Å². The predicted octanol–water partition coefficient (Wildman–Crippen LogP) is 3.46. The van der Waals surface area contributed by atoms with E-state index in [2.05, 4.69) is 11.9 Å². The van der Waals surface area contributed by atoms with Crippen molar-refractivity contribution in [1.82, 2.24) is 4.90 Å². The van der Waals surface area contributed by atoms with E-state index in [-0.39, 0.29) is 11.9 Å². The lowest BCUT2D eigenvalue weighted by atomic mass is 10.0. The highest BCUT2D eigenvalue weighted by Crippen LogP contribution is 2.45. The Kier molecular flexibility index (Phi) is 4.02. The minimum Gasteiger partial charge on any atom is -0.393 e. The number of aliphatic hydroxyl groups is 1. The van der Waals surface area contributed by atoms with E-state index in [1.54, 1.807) is 6.07 Å². The fourth-order valence-electron chi connectivity index (χ4n) is 3.97. The van der Waals surface area contributed by atoms with Crippen molar-refractivity contribution < 1.29 is 9.50 Å². The van der Waals surface area contributed by atoms with Crippen molar-refractivity contribution >= 4 is 11.6 Å². The minimum atomic E-state index is -0.232. The molecular weight excluding hydrogens is 277 g/mol. The summed E-state index contributed by atoms with van der Waals surface area (Å²) < 4.78 is 13.3. The summed E-state index contributed by atoms with van der Waals surface area (Å²) in [5.74, 6) is 1.10. The molecule has 0 bridgehead atoms. The van der Waals surface area contributed by atoms with Gasteiger partial charge in [0.25, 0.3) is 0 Å². The van der Waals surface area contributed by atoms with E-state index in [1.165, 1.54) is 12.1 Å². The Morgan fingerprint density at radius 3 is 2.55 bits per heavy atom. The first-order valence-corrected chi connectivity index (χ1v) is 7.73. The molecule has 0 spiro atoms. The normalized spacial score (nSPS) is 32.9. The van der Waals surface area contributed by atoms with Crippen LogP contribution in [-0.2, 0) is 6.54 Å². The molecule has 0 radical (unpaired) electrons. The second-order valence-electron chi connectivity index (χ2n) is 6.42. The van der Waals surface area contributed by atoms with E-state index >= 15 is 0 Å². The third-order valence-corrected chi connectivity index (χ3v) is 5.39. The van der Waals surface area contributed by atoms with Crippen LogP contribution >= 0.6 is 11.6 Å². The van der Waals surface area contributed by atoms with Gasteiger partial charge in [-0.15, -0.1) is 0 Å².